The smallest absolute Gasteiger partial charge is 0.297 e. The first-order chi connectivity index (χ1) is 21.8. The highest BCUT2D eigenvalue weighted by atomic mass is 35.5. The molecule has 4 N–H and O–H groups in total. The Morgan fingerprint density at radius 1 is 1.23 bits per heavy atom. The molecule has 3 atom stereocenters. The molecule has 1 spiro atoms. The molecule has 2 aliphatic rings. The zero-order valence-electron chi connectivity index (χ0n) is 26.7. The van der Waals surface area contributed by atoms with Gasteiger partial charge in [-0.05, 0) is 58.2 Å². The molecule has 2 aliphatic heterocycles. The predicted octanol–water partition coefficient (Wildman–Crippen LogP) is 5.72. The van der Waals surface area contributed by atoms with Crippen LogP contribution in [0.15, 0.2) is 42.8 Å². The lowest BCUT2D eigenvalue weighted by atomic mass is 9.84. The molecule has 3 aromatic rings. The van der Waals surface area contributed by atoms with Crippen LogP contribution in [0.5, 0.6) is 0 Å². The molecular weight excluding hydrogens is 676 g/mol. The van der Waals surface area contributed by atoms with E-state index in [0.717, 1.165) is 16.8 Å². The summed E-state index contributed by atoms with van der Waals surface area (Å²) in [6, 6.07) is 6.48. The summed E-state index contributed by atoms with van der Waals surface area (Å²) in [5.41, 5.74) is 1.62. The fraction of sp³-hybridized carbons (Fsp3) is 0.500. The molecule has 1 fully saturated rings. The van der Waals surface area contributed by atoms with E-state index in [1.54, 1.807) is 20.0 Å². The van der Waals surface area contributed by atoms with Gasteiger partial charge in [0, 0.05) is 53.9 Å². The third-order valence-electron chi connectivity index (χ3n) is 8.14. The Bertz CT molecular complexity index is 1590. The highest BCUT2D eigenvalue weighted by molar-refractivity contribution is 7.40. The van der Waals surface area contributed by atoms with Crippen molar-refractivity contribution in [1.82, 2.24) is 20.0 Å². The number of benzene rings is 1. The summed E-state index contributed by atoms with van der Waals surface area (Å²) < 4.78 is 51.7. The number of rotatable bonds is 8. The molecule has 0 bridgehead atoms. The summed E-state index contributed by atoms with van der Waals surface area (Å²) in [5.74, 6) is -3.96. The molecule has 1 aromatic carbocycles. The summed E-state index contributed by atoms with van der Waals surface area (Å²) in [6.45, 7) is 13.0. The van der Waals surface area contributed by atoms with Crippen LogP contribution in [-0.4, -0.2) is 73.0 Å². The molecule has 15 heteroatoms. The lowest BCUT2D eigenvalue weighted by Crippen LogP contribution is -2.48. The second-order valence-corrected chi connectivity index (χ2v) is 15.1. The molecule has 4 heterocycles. The number of ether oxygens (including phenoxy) is 1. The number of aryl methyl sites for hydroxylation is 1. The third kappa shape index (κ3) is 8.82. The van der Waals surface area contributed by atoms with Crippen LogP contribution in [0.2, 0.25) is 4.34 Å². The number of nitrogens with one attached hydrogen (secondary N) is 1. The van der Waals surface area contributed by atoms with Crippen molar-refractivity contribution >= 4 is 37.7 Å². The molecule has 0 aliphatic carbocycles. The monoisotopic (exact) mass is 716 g/mol. The zero-order chi connectivity index (χ0) is 34.9. The van der Waals surface area contributed by atoms with Crippen LogP contribution >= 0.6 is 32.2 Å². The number of piperidine rings is 1. The number of aromatic nitrogens is 2. The Labute approximate surface area is 283 Å². The van der Waals surface area contributed by atoms with Crippen molar-refractivity contribution in [3.05, 3.63) is 80.2 Å². The number of fused-ring (bicyclic) bond motifs is 2. The van der Waals surface area contributed by atoms with E-state index in [1.165, 1.54) is 23.5 Å². The molecule has 0 amide bonds. The molecule has 0 saturated carbocycles. The van der Waals surface area contributed by atoms with Crippen LogP contribution in [0, 0.1) is 12.7 Å². The Balaban J connectivity index is 0.000000434. The lowest BCUT2D eigenvalue weighted by molar-refractivity contribution is -0.182. The topological polar surface area (TPSA) is 120 Å². The number of alkyl halides is 2. The molecule has 47 heavy (non-hydrogen) atoms. The van der Waals surface area contributed by atoms with Gasteiger partial charge in [-0.2, -0.15) is 13.9 Å². The van der Waals surface area contributed by atoms with E-state index in [9.17, 15) is 18.0 Å². The number of hydrogen-bond donors (Lipinski definition) is 4. The fourth-order valence-electron chi connectivity index (χ4n) is 5.45. The van der Waals surface area contributed by atoms with Gasteiger partial charge in [0.1, 0.15) is 41.7 Å². The van der Waals surface area contributed by atoms with Crippen LogP contribution in [0.3, 0.4) is 0 Å². The average Bonchev–Trinajstić information content (AvgIpc) is 3.57. The quantitative estimate of drug-likeness (QED) is 0.173. The first-order valence-electron chi connectivity index (χ1n) is 15.0. The van der Waals surface area contributed by atoms with E-state index in [2.05, 4.69) is 42.7 Å². The highest BCUT2D eigenvalue weighted by Crippen LogP contribution is 2.52. The SMILES string of the molecule is C=C(O)[C@H](O)[C@@H](O)C(=O)P.Cc1nn(-c2c(F)cccc2CNC(C)(C)C)cc1CN1CCC2(CC1)OCC(F)(F)c1cc(Cl)sc12. The number of hydrogen-bond acceptors (Lipinski definition) is 9. The molecule has 9 nitrogen and oxygen atoms in total. The molecular formula is C32H41ClF3N4O5PS. The average molecular weight is 717 g/mol. The maximum Gasteiger partial charge on any atom is 0.297 e. The third-order valence-corrected chi connectivity index (χ3v) is 9.93. The Morgan fingerprint density at radius 2 is 1.89 bits per heavy atom. The van der Waals surface area contributed by atoms with Crippen LogP contribution in [0.25, 0.3) is 5.69 Å². The van der Waals surface area contributed by atoms with Crippen molar-refractivity contribution in [3.63, 3.8) is 0 Å². The van der Waals surface area contributed by atoms with Crippen molar-refractivity contribution in [2.75, 3.05) is 19.7 Å². The predicted molar refractivity (Wildman–Crippen MR) is 179 cm³/mol. The van der Waals surface area contributed by atoms with Crippen LogP contribution < -0.4 is 5.32 Å². The van der Waals surface area contributed by atoms with Crippen molar-refractivity contribution in [3.8, 4) is 5.69 Å². The summed E-state index contributed by atoms with van der Waals surface area (Å²) in [7, 11) is 1.69. The zero-order valence-corrected chi connectivity index (χ0v) is 29.4. The number of para-hydroxylation sites is 1. The second-order valence-electron chi connectivity index (χ2n) is 12.9. The number of carbonyl (C=O) groups excluding carboxylic acids is 1. The maximum atomic E-state index is 15.0. The summed E-state index contributed by atoms with van der Waals surface area (Å²) in [4.78, 5) is 13.1. The van der Waals surface area contributed by atoms with Gasteiger partial charge in [-0.1, -0.05) is 39.6 Å². The van der Waals surface area contributed by atoms with Gasteiger partial charge in [0.15, 0.2) is 5.52 Å². The number of thiophene rings is 1. The lowest BCUT2D eigenvalue weighted by Gasteiger charge is -2.45. The fourth-order valence-corrected chi connectivity index (χ4v) is 7.11. The van der Waals surface area contributed by atoms with E-state index in [1.807, 2.05) is 19.2 Å². The Morgan fingerprint density at radius 3 is 2.47 bits per heavy atom. The van der Waals surface area contributed by atoms with Gasteiger partial charge in [0.05, 0.1) is 10.0 Å². The van der Waals surface area contributed by atoms with E-state index in [-0.39, 0.29) is 16.9 Å². The van der Waals surface area contributed by atoms with E-state index >= 15 is 0 Å². The largest absolute Gasteiger partial charge is 0.510 e. The number of likely N-dealkylation sites (tertiary alicyclic amines) is 1. The summed E-state index contributed by atoms with van der Waals surface area (Å²) in [5, 5.41) is 34.0. The van der Waals surface area contributed by atoms with Gasteiger partial charge < -0.3 is 25.4 Å². The van der Waals surface area contributed by atoms with Crippen molar-refractivity contribution in [1.29, 1.82) is 0 Å². The second kappa shape index (κ2) is 14.6. The Kier molecular flexibility index (Phi) is 11.7. The molecule has 1 saturated heterocycles. The van der Waals surface area contributed by atoms with Gasteiger partial charge >= 0.3 is 0 Å². The number of carbonyl (C=O) groups is 1. The molecule has 258 valence electrons. The van der Waals surface area contributed by atoms with Crippen LogP contribution in [0.4, 0.5) is 13.2 Å². The van der Waals surface area contributed by atoms with Crippen molar-refractivity contribution in [2.45, 2.75) is 82.9 Å². The van der Waals surface area contributed by atoms with Gasteiger partial charge in [-0.25, -0.2) is 9.07 Å². The van der Waals surface area contributed by atoms with E-state index in [4.69, 9.17) is 31.7 Å². The molecule has 1 unspecified atom stereocenters. The van der Waals surface area contributed by atoms with Crippen molar-refractivity contribution < 1.29 is 38.0 Å². The van der Waals surface area contributed by atoms with E-state index in [0.29, 0.717) is 53.9 Å². The van der Waals surface area contributed by atoms with Gasteiger partial charge in [0.25, 0.3) is 5.92 Å². The number of aliphatic hydroxyl groups is 3. The summed E-state index contributed by atoms with van der Waals surface area (Å²) in [6.07, 6.45) is -0.0907. The number of aliphatic hydroxyl groups excluding tert-OH is 3. The maximum absolute atomic E-state index is 15.0. The highest BCUT2D eigenvalue weighted by Gasteiger charge is 2.51. The minimum absolute atomic E-state index is 0.0148. The van der Waals surface area contributed by atoms with Crippen LogP contribution in [0.1, 0.15) is 60.9 Å². The van der Waals surface area contributed by atoms with Gasteiger partial charge in [0.2, 0.25) is 0 Å². The standard InChI is InChI=1S/C27H32ClF3N4OS.C5H9O4P/c1-17-19(15-35(33-17)23-18(6-5-7-21(23)29)13-32-25(2,3)4)14-34-10-8-26(9-11-34)24-20(12-22(28)37-24)27(30,31)16-36-26;1-2(6)3(7)4(8)5(9)10/h5-7,12,15,32H,8-11,13-14,16H2,1-4H3;3-4,6-8H,1,10H2/t;3-,4+/m.0/s1. The normalized spacial score (nSPS) is 18.6. The van der Waals surface area contributed by atoms with Gasteiger partial charge in [-0.15, -0.1) is 11.3 Å². The van der Waals surface area contributed by atoms with E-state index < -0.39 is 41.6 Å². The minimum Gasteiger partial charge on any atom is -0.510 e. The Hall–Kier alpha value is -2.35. The summed E-state index contributed by atoms with van der Waals surface area (Å²) >= 11 is 7.33. The minimum atomic E-state index is -3.01. The van der Waals surface area contributed by atoms with Crippen LogP contribution in [-0.2, 0) is 34.1 Å². The molecule has 2 aromatic heterocycles. The number of halogens is 4. The number of nitrogens with zero attached hydrogens (tertiary/aromatic N) is 3. The van der Waals surface area contributed by atoms with Crippen molar-refractivity contribution in [2.24, 2.45) is 0 Å². The first kappa shape index (κ1) is 37.5. The molecule has 0 radical (unpaired) electrons. The van der Waals surface area contributed by atoms with Gasteiger partial charge in [-0.3, -0.25) is 9.69 Å². The first-order valence-corrected chi connectivity index (χ1v) is 16.8. The molecule has 5 rings (SSSR count).